The number of aryl methyl sites for hydroxylation is 1. The van der Waals surface area contributed by atoms with Crippen molar-refractivity contribution in [3.63, 3.8) is 0 Å². The summed E-state index contributed by atoms with van der Waals surface area (Å²) >= 11 is 0. The molecule has 0 spiro atoms. The zero-order valence-electron chi connectivity index (χ0n) is 7.99. The maximum Gasteiger partial charge on any atom is 0.269 e. The molecule has 0 aliphatic carbocycles. The van der Waals surface area contributed by atoms with Crippen LogP contribution < -0.4 is 0 Å². The van der Waals surface area contributed by atoms with Gasteiger partial charge in [-0.2, -0.15) is 0 Å². The fourth-order valence-corrected chi connectivity index (χ4v) is 1.28. The molecule has 6 heteroatoms. The van der Waals surface area contributed by atoms with Gasteiger partial charge in [-0.05, 0) is 12.1 Å². The number of nitro groups is 1. The topological polar surface area (TPSA) is 73.8 Å². The quantitative estimate of drug-likeness (QED) is 0.547. The van der Waals surface area contributed by atoms with Crippen LogP contribution in [0.15, 0.2) is 30.6 Å². The Morgan fingerprint density at radius 1 is 1.33 bits per heavy atom. The fraction of sp³-hybridized carbons (Fsp3) is 0.111. The van der Waals surface area contributed by atoms with E-state index in [4.69, 9.17) is 0 Å². The zero-order valence-corrected chi connectivity index (χ0v) is 7.99. The molecule has 0 amide bonds. The molecule has 0 N–H and O–H groups in total. The summed E-state index contributed by atoms with van der Waals surface area (Å²) in [6.45, 7) is 0. The highest BCUT2D eigenvalue weighted by molar-refractivity contribution is 5.57. The van der Waals surface area contributed by atoms with Gasteiger partial charge in [-0.25, -0.2) is 0 Å². The van der Waals surface area contributed by atoms with E-state index in [9.17, 15) is 10.1 Å². The number of benzene rings is 1. The predicted octanol–water partition coefficient (Wildman–Crippen LogP) is 1.39. The lowest BCUT2D eigenvalue weighted by Crippen LogP contribution is -1.92. The third-order valence-corrected chi connectivity index (χ3v) is 2.05. The molecule has 15 heavy (non-hydrogen) atoms. The van der Waals surface area contributed by atoms with Crippen molar-refractivity contribution in [2.45, 2.75) is 0 Å². The molecule has 0 unspecified atom stereocenters. The monoisotopic (exact) mass is 204 g/mol. The molecule has 0 aliphatic heterocycles. The summed E-state index contributed by atoms with van der Waals surface area (Å²) in [5.41, 5.74) is 0.876. The van der Waals surface area contributed by atoms with E-state index in [1.54, 1.807) is 23.0 Å². The maximum absolute atomic E-state index is 10.4. The number of nitrogens with zero attached hydrogens (tertiary/aromatic N) is 4. The lowest BCUT2D eigenvalue weighted by molar-refractivity contribution is -0.384. The molecule has 2 aromatic rings. The second kappa shape index (κ2) is 3.49. The molecule has 1 aromatic carbocycles. The number of hydrogen-bond acceptors (Lipinski definition) is 4. The third-order valence-electron chi connectivity index (χ3n) is 2.05. The van der Waals surface area contributed by atoms with Crippen molar-refractivity contribution in [2.75, 3.05) is 0 Å². The minimum Gasteiger partial charge on any atom is -0.317 e. The predicted molar refractivity (Wildman–Crippen MR) is 53.1 cm³/mol. The Morgan fingerprint density at radius 2 is 2.00 bits per heavy atom. The van der Waals surface area contributed by atoms with E-state index in [0.717, 1.165) is 5.56 Å². The van der Waals surface area contributed by atoms with Crippen LogP contribution in [0.1, 0.15) is 0 Å². The van der Waals surface area contributed by atoms with Crippen LogP contribution in [0, 0.1) is 10.1 Å². The van der Waals surface area contributed by atoms with Gasteiger partial charge in [0.15, 0.2) is 5.82 Å². The first-order valence-corrected chi connectivity index (χ1v) is 4.27. The van der Waals surface area contributed by atoms with Crippen LogP contribution in [0.25, 0.3) is 11.4 Å². The first kappa shape index (κ1) is 9.32. The number of non-ortho nitro benzene ring substituents is 1. The molecule has 2 rings (SSSR count). The largest absolute Gasteiger partial charge is 0.317 e. The van der Waals surface area contributed by atoms with Gasteiger partial charge in [-0.1, -0.05) is 0 Å². The Hall–Kier alpha value is -2.24. The number of hydrogen-bond donors (Lipinski definition) is 0. The van der Waals surface area contributed by atoms with Crippen molar-refractivity contribution in [3.8, 4) is 11.4 Å². The summed E-state index contributed by atoms with van der Waals surface area (Å²) in [5.74, 6) is 0.685. The van der Waals surface area contributed by atoms with Gasteiger partial charge in [0.2, 0.25) is 0 Å². The van der Waals surface area contributed by atoms with Crippen LogP contribution in [-0.2, 0) is 7.05 Å². The highest BCUT2D eigenvalue weighted by Crippen LogP contribution is 2.19. The fourth-order valence-electron chi connectivity index (χ4n) is 1.28. The summed E-state index contributed by atoms with van der Waals surface area (Å²) in [4.78, 5) is 10.0. The molecular formula is C9H8N4O2. The van der Waals surface area contributed by atoms with Gasteiger partial charge >= 0.3 is 0 Å². The van der Waals surface area contributed by atoms with E-state index < -0.39 is 4.92 Å². The van der Waals surface area contributed by atoms with Crippen LogP contribution in [0.2, 0.25) is 0 Å². The van der Waals surface area contributed by atoms with E-state index in [-0.39, 0.29) is 5.69 Å². The molecule has 0 atom stereocenters. The van der Waals surface area contributed by atoms with Crippen LogP contribution in [-0.4, -0.2) is 19.7 Å². The van der Waals surface area contributed by atoms with Crippen molar-refractivity contribution in [3.05, 3.63) is 40.7 Å². The molecular weight excluding hydrogens is 196 g/mol. The molecule has 0 fully saturated rings. The summed E-state index contributed by atoms with van der Waals surface area (Å²) in [5, 5.41) is 18.1. The molecule has 0 saturated carbocycles. The molecule has 0 radical (unpaired) electrons. The molecule has 6 nitrogen and oxygen atoms in total. The van der Waals surface area contributed by atoms with Crippen LogP contribution >= 0.6 is 0 Å². The SMILES string of the molecule is Cn1cnnc1-c1ccc([N+](=O)[O-])cc1. The molecule has 1 heterocycles. The minimum absolute atomic E-state index is 0.0703. The Labute approximate surface area is 85.3 Å². The average molecular weight is 204 g/mol. The molecule has 0 bridgehead atoms. The first-order valence-electron chi connectivity index (χ1n) is 4.27. The number of nitro benzene ring substituents is 1. The van der Waals surface area contributed by atoms with Gasteiger partial charge in [0.1, 0.15) is 6.33 Å². The molecule has 0 aliphatic rings. The summed E-state index contributed by atoms with van der Waals surface area (Å²) in [6, 6.07) is 6.21. The van der Waals surface area contributed by atoms with E-state index in [1.807, 2.05) is 7.05 Å². The molecule has 76 valence electrons. The molecule has 0 saturated heterocycles. The summed E-state index contributed by atoms with van der Waals surface area (Å²) in [7, 11) is 1.82. The maximum atomic E-state index is 10.4. The van der Waals surface area contributed by atoms with Crippen molar-refractivity contribution in [1.82, 2.24) is 14.8 Å². The second-order valence-corrected chi connectivity index (χ2v) is 3.07. The van der Waals surface area contributed by atoms with Crippen LogP contribution in [0.3, 0.4) is 0 Å². The highest BCUT2D eigenvalue weighted by Gasteiger charge is 2.07. The van der Waals surface area contributed by atoms with Gasteiger partial charge in [-0.15, -0.1) is 10.2 Å². The second-order valence-electron chi connectivity index (χ2n) is 3.07. The van der Waals surface area contributed by atoms with Gasteiger partial charge in [-0.3, -0.25) is 10.1 Å². The Kier molecular flexibility index (Phi) is 2.17. The van der Waals surface area contributed by atoms with Crippen LogP contribution in [0.4, 0.5) is 5.69 Å². The van der Waals surface area contributed by atoms with E-state index in [0.29, 0.717) is 5.82 Å². The lowest BCUT2D eigenvalue weighted by Gasteiger charge is -1.99. The first-order chi connectivity index (χ1) is 7.18. The number of rotatable bonds is 2. The summed E-state index contributed by atoms with van der Waals surface area (Å²) < 4.78 is 1.75. The van der Waals surface area contributed by atoms with E-state index >= 15 is 0 Å². The van der Waals surface area contributed by atoms with Crippen molar-refractivity contribution < 1.29 is 4.92 Å². The average Bonchev–Trinajstić information content (AvgIpc) is 2.65. The smallest absolute Gasteiger partial charge is 0.269 e. The van der Waals surface area contributed by atoms with Crippen molar-refractivity contribution in [1.29, 1.82) is 0 Å². The van der Waals surface area contributed by atoms with Gasteiger partial charge in [0.05, 0.1) is 4.92 Å². The highest BCUT2D eigenvalue weighted by atomic mass is 16.6. The lowest BCUT2D eigenvalue weighted by atomic mass is 10.2. The van der Waals surface area contributed by atoms with Crippen molar-refractivity contribution >= 4 is 5.69 Å². The van der Waals surface area contributed by atoms with Gasteiger partial charge in [0, 0.05) is 24.7 Å². The van der Waals surface area contributed by atoms with Crippen LogP contribution in [0.5, 0.6) is 0 Å². The van der Waals surface area contributed by atoms with E-state index in [1.165, 1.54) is 12.1 Å². The Morgan fingerprint density at radius 3 is 2.47 bits per heavy atom. The molecule has 1 aromatic heterocycles. The minimum atomic E-state index is -0.430. The zero-order chi connectivity index (χ0) is 10.8. The van der Waals surface area contributed by atoms with Gasteiger partial charge < -0.3 is 4.57 Å². The number of aromatic nitrogens is 3. The standard InChI is InChI=1S/C9H8N4O2/c1-12-6-10-11-9(12)7-2-4-8(5-3-7)13(14)15/h2-6H,1H3. The van der Waals surface area contributed by atoms with Crippen molar-refractivity contribution in [2.24, 2.45) is 7.05 Å². The summed E-state index contributed by atoms with van der Waals surface area (Å²) in [6.07, 6.45) is 1.58. The van der Waals surface area contributed by atoms with E-state index in [2.05, 4.69) is 10.2 Å². The van der Waals surface area contributed by atoms with Gasteiger partial charge in [0.25, 0.3) is 5.69 Å². The Bertz CT molecular complexity index is 489. The Balaban J connectivity index is 2.40. The normalized spacial score (nSPS) is 10.2. The third kappa shape index (κ3) is 1.69.